The largest absolute Gasteiger partial charge is 0.507 e. The van der Waals surface area contributed by atoms with Crippen LogP contribution in [0.25, 0.3) is 10.8 Å². The Balaban J connectivity index is 1.56. The molecule has 1 aliphatic rings. The zero-order valence-corrected chi connectivity index (χ0v) is 19.1. The first-order chi connectivity index (χ1) is 17.0. The molecule has 4 rings (SSSR count). The predicted octanol–water partition coefficient (Wildman–Crippen LogP) is 5.04. The minimum absolute atomic E-state index is 0.130. The molecule has 1 aliphatic heterocycles. The fourth-order valence-corrected chi connectivity index (χ4v) is 4.02. The summed E-state index contributed by atoms with van der Waals surface area (Å²) in [7, 11) is 0. The third kappa shape index (κ3) is 5.64. The molecule has 9 nitrogen and oxygen atoms in total. The van der Waals surface area contributed by atoms with Crippen LogP contribution in [0.5, 0.6) is 17.2 Å². The number of phenolic OH excluding ortho intramolecular Hbond substituents is 1. The highest BCUT2D eigenvalue weighted by Gasteiger charge is 2.26. The van der Waals surface area contributed by atoms with E-state index in [0.29, 0.717) is 35.4 Å². The molecular formula is C26H26N2O7. The molecule has 2 amide bonds. The summed E-state index contributed by atoms with van der Waals surface area (Å²) in [6, 6.07) is 15.8. The maximum absolute atomic E-state index is 12.9. The molecule has 0 fully saturated rings. The topological polar surface area (TPSA) is 126 Å². The Kier molecular flexibility index (Phi) is 7.37. The second-order valence-corrected chi connectivity index (χ2v) is 8.17. The average Bonchev–Trinajstić information content (AvgIpc) is 3.33. The number of hydrogen-bond donors (Lipinski definition) is 4. The molecule has 0 saturated heterocycles. The maximum atomic E-state index is 12.9. The van der Waals surface area contributed by atoms with Crippen LogP contribution in [0.2, 0.25) is 0 Å². The van der Waals surface area contributed by atoms with E-state index in [1.807, 2.05) is 25.1 Å². The smallest absolute Gasteiger partial charge is 0.412 e. The van der Waals surface area contributed by atoms with E-state index < -0.39 is 18.1 Å². The van der Waals surface area contributed by atoms with Gasteiger partial charge in [-0.25, -0.2) is 10.3 Å². The van der Waals surface area contributed by atoms with Gasteiger partial charge in [-0.2, -0.15) is 0 Å². The van der Waals surface area contributed by atoms with Gasteiger partial charge in [0.2, 0.25) is 6.79 Å². The van der Waals surface area contributed by atoms with Gasteiger partial charge in [-0.3, -0.25) is 15.3 Å². The quantitative estimate of drug-likeness (QED) is 0.203. The Morgan fingerprint density at radius 3 is 2.66 bits per heavy atom. The molecule has 0 unspecified atom stereocenters. The fourth-order valence-electron chi connectivity index (χ4n) is 4.02. The first-order valence-electron chi connectivity index (χ1n) is 11.1. The molecule has 0 aromatic heterocycles. The Bertz CT molecular complexity index is 1260. The summed E-state index contributed by atoms with van der Waals surface area (Å²) in [5.74, 6) is 0.522. The normalized spacial score (nSPS) is 14.0. The number of rotatable bonds is 8. The Labute approximate surface area is 201 Å². The van der Waals surface area contributed by atoms with E-state index >= 15 is 0 Å². The lowest BCUT2D eigenvalue weighted by Gasteiger charge is -2.26. The van der Waals surface area contributed by atoms with Crippen LogP contribution in [-0.2, 0) is 9.53 Å². The number of amides is 2. The number of carbonyl (C=O) groups is 2. The molecule has 0 radical (unpaired) electrons. The van der Waals surface area contributed by atoms with Gasteiger partial charge >= 0.3 is 6.09 Å². The van der Waals surface area contributed by atoms with E-state index in [0.717, 1.165) is 10.9 Å². The van der Waals surface area contributed by atoms with E-state index in [9.17, 15) is 14.7 Å². The molecule has 0 saturated carbocycles. The minimum atomic E-state index is -0.645. The summed E-state index contributed by atoms with van der Waals surface area (Å²) in [5, 5.41) is 23.1. The van der Waals surface area contributed by atoms with E-state index in [1.165, 1.54) is 6.08 Å². The molecule has 0 bridgehead atoms. The van der Waals surface area contributed by atoms with Crippen molar-refractivity contribution in [3.8, 4) is 17.2 Å². The van der Waals surface area contributed by atoms with Gasteiger partial charge in [0.25, 0.3) is 5.91 Å². The monoisotopic (exact) mass is 478 g/mol. The highest BCUT2D eigenvalue weighted by molar-refractivity contribution is 5.92. The number of phenols is 1. The van der Waals surface area contributed by atoms with Crippen LogP contribution in [0.1, 0.15) is 31.4 Å². The molecule has 3 aromatic rings. The minimum Gasteiger partial charge on any atom is -0.507 e. The van der Waals surface area contributed by atoms with E-state index in [4.69, 9.17) is 19.4 Å². The van der Waals surface area contributed by atoms with E-state index in [-0.39, 0.29) is 18.5 Å². The number of hydroxylamine groups is 1. The van der Waals surface area contributed by atoms with Crippen molar-refractivity contribution in [3.63, 3.8) is 0 Å². The lowest BCUT2D eigenvalue weighted by molar-refractivity contribution is -0.124. The highest BCUT2D eigenvalue weighted by Crippen LogP contribution is 2.38. The van der Waals surface area contributed by atoms with Crippen molar-refractivity contribution in [1.82, 2.24) is 5.48 Å². The van der Waals surface area contributed by atoms with Gasteiger partial charge in [0.1, 0.15) is 11.9 Å². The van der Waals surface area contributed by atoms with Crippen LogP contribution in [-0.4, -0.2) is 29.1 Å². The molecule has 3 aromatic carbocycles. The van der Waals surface area contributed by atoms with Crippen molar-refractivity contribution in [3.05, 3.63) is 72.3 Å². The number of aromatic hydroxyl groups is 1. The molecule has 0 spiro atoms. The number of benzene rings is 3. The zero-order chi connectivity index (χ0) is 24.8. The van der Waals surface area contributed by atoms with Crippen molar-refractivity contribution in [1.29, 1.82) is 0 Å². The molecule has 1 heterocycles. The van der Waals surface area contributed by atoms with Gasteiger partial charge in [0, 0.05) is 28.8 Å². The van der Waals surface area contributed by atoms with Crippen molar-refractivity contribution >= 4 is 28.5 Å². The molecule has 9 heteroatoms. The number of anilines is 1. The van der Waals surface area contributed by atoms with Gasteiger partial charge in [0.15, 0.2) is 11.5 Å². The van der Waals surface area contributed by atoms with Gasteiger partial charge in [0.05, 0.1) is 0 Å². The summed E-state index contributed by atoms with van der Waals surface area (Å²) in [6.07, 6.45) is 2.70. The Morgan fingerprint density at radius 1 is 1.09 bits per heavy atom. The molecule has 4 N–H and O–H groups in total. The third-order valence-corrected chi connectivity index (χ3v) is 5.78. The average molecular weight is 479 g/mol. The van der Waals surface area contributed by atoms with Crippen LogP contribution in [0.4, 0.5) is 10.5 Å². The van der Waals surface area contributed by atoms with Crippen LogP contribution < -0.4 is 20.3 Å². The molecular weight excluding hydrogens is 452 g/mol. The van der Waals surface area contributed by atoms with Crippen molar-refractivity contribution in [2.75, 3.05) is 12.1 Å². The number of fused-ring (bicyclic) bond motifs is 2. The van der Waals surface area contributed by atoms with Gasteiger partial charge < -0.3 is 19.3 Å². The van der Waals surface area contributed by atoms with Crippen molar-refractivity contribution in [2.24, 2.45) is 5.92 Å². The number of nitrogens with one attached hydrogen (secondary N) is 2. The summed E-state index contributed by atoms with van der Waals surface area (Å²) < 4.78 is 16.6. The SMILES string of the molecule is C[C@H](CC/C=C/C(=O)NO)[C@@H](OC(=O)Nc1ccc2c(c1)OCO2)c1ccc(O)c2ccccc12. The van der Waals surface area contributed by atoms with Gasteiger partial charge in [-0.15, -0.1) is 0 Å². The first kappa shape index (κ1) is 23.9. The lowest BCUT2D eigenvalue weighted by atomic mass is 9.89. The number of ether oxygens (including phenoxy) is 3. The first-order valence-corrected chi connectivity index (χ1v) is 11.1. The predicted molar refractivity (Wildman–Crippen MR) is 128 cm³/mol. The standard InChI is InChI=1S/C26H26N2O7/c1-16(6-2-5-9-24(30)28-32)25(20-11-12-21(29)19-8-4-3-7-18(19)20)35-26(31)27-17-10-13-22-23(14-17)34-15-33-22/h3-5,7-14,16,25,29,32H,2,6,15H2,1H3,(H,27,31)(H,28,30)/b9-5+/t16-,25-/m1/s1. The Morgan fingerprint density at radius 2 is 1.86 bits per heavy atom. The number of carbonyl (C=O) groups excluding carboxylic acids is 2. The molecule has 182 valence electrons. The van der Waals surface area contributed by atoms with Crippen molar-refractivity contribution in [2.45, 2.75) is 25.9 Å². The Hall–Kier alpha value is -4.24. The van der Waals surface area contributed by atoms with E-state index in [1.54, 1.807) is 48.0 Å². The maximum Gasteiger partial charge on any atom is 0.412 e. The molecule has 35 heavy (non-hydrogen) atoms. The number of allylic oxidation sites excluding steroid dienone is 1. The zero-order valence-electron chi connectivity index (χ0n) is 19.1. The summed E-state index contributed by atoms with van der Waals surface area (Å²) in [6.45, 7) is 2.07. The van der Waals surface area contributed by atoms with Gasteiger partial charge in [-0.05, 0) is 42.3 Å². The second-order valence-electron chi connectivity index (χ2n) is 8.17. The van der Waals surface area contributed by atoms with Gasteiger partial charge in [-0.1, -0.05) is 43.3 Å². The summed E-state index contributed by atoms with van der Waals surface area (Å²) in [5.41, 5.74) is 2.80. The molecule has 2 atom stereocenters. The summed E-state index contributed by atoms with van der Waals surface area (Å²) in [4.78, 5) is 24.1. The summed E-state index contributed by atoms with van der Waals surface area (Å²) >= 11 is 0. The second kappa shape index (κ2) is 10.8. The third-order valence-electron chi connectivity index (χ3n) is 5.78. The lowest BCUT2D eigenvalue weighted by Crippen LogP contribution is -2.22. The fraction of sp³-hybridized carbons (Fsp3) is 0.231. The van der Waals surface area contributed by atoms with Crippen LogP contribution in [0, 0.1) is 5.92 Å². The van der Waals surface area contributed by atoms with Crippen LogP contribution >= 0.6 is 0 Å². The highest BCUT2D eigenvalue weighted by atomic mass is 16.7. The molecule has 0 aliphatic carbocycles. The van der Waals surface area contributed by atoms with Crippen LogP contribution in [0.3, 0.4) is 0 Å². The van der Waals surface area contributed by atoms with E-state index in [2.05, 4.69) is 5.32 Å². The van der Waals surface area contributed by atoms with Crippen LogP contribution in [0.15, 0.2) is 66.7 Å². The number of hydrogen-bond acceptors (Lipinski definition) is 7. The van der Waals surface area contributed by atoms with Crippen molar-refractivity contribution < 1.29 is 34.1 Å².